The molecule has 388 valence electrons. The van der Waals surface area contributed by atoms with Crippen LogP contribution in [0.2, 0.25) is 0 Å². The normalized spacial score (nSPS) is 11.8. The fraction of sp³-hybridized carbons (Fsp3) is 0.0769. The van der Waals surface area contributed by atoms with Crippen LogP contribution in [0.4, 0.5) is 11.4 Å². The third-order valence-corrected chi connectivity index (χ3v) is 17.0. The van der Waals surface area contributed by atoms with Gasteiger partial charge >= 0.3 is 0 Å². The van der Waals surface area contributed by atoms with E-state index in [0.717, 1.165) is 19.3 Å². The summed E-state index contributed by atoms with van der Waals surface area (Å²) in [6.45, 7) is 0. The van der Waals surface area contributed by atoms with E-state index in [2.05, 4.69) is 308 Å². The molecular formula is C78H61N3. The maximum atomic E-state index is 2.37. The van der Waals surface area contributed by atoms with Gasteiger partial charge in [0.05, 0.1) is 0 Å². The zero-order chi connectivity index (χ0) is 54.4. The SMILES string of the molecule is CN(c1ccccc1)c1ccc(-c2ccc3c(c2)-c2ccccc2C3)cc1.Cn1c2ccccc2c2cc(-c3ccc(Cc4ccccc4)cc3)ccc21.Cn1c2ccccc2c2cc(-c3ccc4c(c3)-c3ccccc3C4)ccc21. The Morgan fingerprint density at radius 1 is 0.284 bits per heavy atom. The number of aromatic nitrogens is 2. The van der Waals surface area contributed by atoms with Gasteiger partial charge in [-0.3, -0.25) is 0 Å². The highest BCUT2D eigenvalue weighted by Crippen LogP contribution is 2.42. The van der Waals surface area contributed by atoms with Crippen molar-refractivity contribution in [3.8, 4) is 55.6 Å². The van der Waals surface area contributed by atoms with Crippen LogP contribution in [-0.2, 0) is 33.4 Å². The molecule has 12 aromatic carbocycles. The second kappa shape index (κ2) is 21.0. The van der Waals surface area contributed by atoms with E-state index in [-0.39, 0.29) is 0 Å². The van der Waals surface area contributed by atoms with Crippen LogP contribution in [-0.4, -0.2) is 16.2 Å². The highest BCUT2D eigenvalue weighted by molar-refractivity contribution is 6.10. The van der Waals surface area contributed by atoms with Gasteiger partial charge in [-0.05, 0) is 181 Å². The van der Waals surface area contributed by atoms with Gasteiger partial charge in [0.2, 0.25) is 0 Å². The van der Waals surface area contributed by atoms with Gasteiger partial charge in [0.1, 0.15) is 0 Å². The Morgan fingerprint density at radius 2 is 0.642 bits per heavy atom. The molecule has 2 aliphatic carbocycles. The van der Waals surface area contributed by atoms with Crippen molar-refractivity contribution in [3.05, 3.63) is 312 Å². The molecule has 16 rings (SSSR count). The van der Waals surface area contributed by atoms with Gasteiger partial charge in [-0.1, -0.05) is 206 Å². The molecule has 0 aliphatic heterocycles. The van der Waals surface area contributed by atoms with Gasteiger partial charge in [-0.2, -0.15) is 0 Å². The molecule has 0 amide bonds. The number of hydrogen-bond acceptors (Lipinski definition) is 1. The molecule has 0 saturated carbocycles. The fourth-order valence-corrected chi connectivity index (χ4v) is 12.6. The van der Waals surface area contributed by atoms with Crippen molar-refractivity contribution in [2.45, 2.75) is 19.3 Å². The second-order valence-corrected chi connectivity index (χ2v) is 21.8. The van der Waals surface area contributed by atoms with Crippen LogP contribution < -0.4 is 4.90 Å². The van der Waals surface area contributed by atoms with Crippen molar-refractivity contribution in [2.24, 2.45) is 14.1 Å². The Morgan fingerprint density at radius 3 is 1.19 bits per heavy atom. The van der Waals surface area contributed by atoms with Gasteiger partial charge in [0.25, 0.3) is 0 Å². The maximum Gasteiger partial charge on any atom is 0.0489 e. The summed E-state index contributed by atoms with van der Waals surface area (Å²) in [7, 11) is 6.40. The highest BCUT2D eigenvalue weighted by Gasteiger charge is 2.20. The first-order valence-electron chi connectivity index (χ1n) is 28.3. The summed E-state index contributed by atoms with van der Waals surface area (Å²) in [5, 5.41) is 5.28. The average molecular weight is 1040 g/mol. The molecule has 0 fully saturated rings. The summed E-state index contributed by atoms with van der Waals surface area (Å²) < 4.78 is 4.56. The molecular weight excluding hydrogens is 979 g/mol. The third-order valence-electron chi connectivity index (χ3n) is 17.0. The monoisotopic (exact) mass is 1040 g/mol. The number of hydrogen-bond donors (Lipinski definition) is 0. The van der Waals surface area contributed by atoms with E-state index in [9.17, 15) is 0 Å². The minimum atomic E-state index is 0.976. The van der Waals surface area contributed by atoms with Crippen molar-refractivity contribution >= 4 is 55.0 Å². The maximum absolute atomic E-state index is 2.37. The molecule has 0 atom stereocenters. The Hall–Kier alpha value is -9.96. The van der Waals surface area contributed by atoms with E-state index in [4.69, 9.17) is 0 Å². The smallest absolute Gasteiger partial charge is 0.0489 e. The molecule has 3 nitrogen and oxygen atoms in total. The van der Waals surface area contributed by atoms with Crippen LogP contribution in [0.3, 0.4) is 0 Å². The number of anilines is 2. The number of benzene rings is 12. The van der Waals surface area contributed by atoms with Crippen LogP contribution in [0.15, 0.2) is 279 Å². The second-order valence-electron chi connectivity index (χ2n) is 21.8. The van der Waals surface area contributed by atoms with Crippen LogP contribution >= 0.6 is 0 Å². The van der Waals surface area contributed by atoms with Crippen LogP contribution in [0.1, 0.15) is 33.4 Å². The molecule has 14 aromatic rings. The van der Waals surface area contributed by atoms with Gasteiger partial charge < -0.3 is 14.0 Å². The Bertz CT molecular complexity index is 4620. The third kappa shape index (κ3) is 9.37. The van der Waals surface area contributed by atoms with E-state index in [0.29, 0.717) is 0 Å². The zero-order valence-electron chi connectivity index (χ0n) is 46.0. The molecule has 3 heteroatoms. The molecule has 0 N–H and O–H groups in total. The van der Waals surface area contributed by atoms with Crippen molar-refractivity contribution in [1.82, 2.24) is 9.13 Å². The van der Waals surface area contributed by atoms with Crippen molar-refractivity contribution in [3.63, 3.8) is 0 Å². The Labute approximate surface area is 474 Å². The molecule has 0 unspecified atom stereocenters. The molecule has 0 radical (unpaired) electrons. The van der Waals surface area contributed by atoms with Gasteiger partial charge in [0, 0.05) is 76.1 Å². The summed E-state index contributed by atoms with van der Waals surface area (Å²) in [6, 6.07) is 101. The van der Waals surface area contributed by atoms with Crippen LogP contribution in [0, 0.1) is 0 Å². The lowest BCUT2D eigenvalue weighted by atomic mass is 9.97. The number of nitrogens with zero attached hydrogens (tertiary/aromatic N) is 3. The quantitative estimate of drug-likeness (QED) is 0.155. The number of para-hydroxylation sites is 3. The van der Waals surface area contributed by atoms with Crippen LogP contribution in [0.5, 0.6) is 0 Å². The zero-order valence-corrected chi connectivity index (χ0v) is 46.0. The van der Waals surface area contributed by atoms with Crippen molar-refractivity contribution in [2.75, 3.05) is 11.9 Å². The standard InChI is InChI=1S/C26H19N.2C26H21N/c1-27-25-9-5-4-8-22(25)24-16-18(12-13-26(24)27)17-10-11-20-14-19-6-2-3-7-21(19)23(20)15-17;1-27(23-8-3-2-4-9-23)24-15-13-19(14-16-24)20-11-12-22-17-21-7-5-6-10-25(21)26(22)18-20;1-27-25-10-6-5-9-23(25)24-18-22(15-16-26(24)27)21-13-11-20(12-14-21)17-19-7-3-2-4-8-19/h2-13,15-16H,14H2,1H3;2*2-16,18H,17H2,1H3. The summed E-state index contributed by atoms with van der Waals surface area (Å²) in [5.41, 5.74) is 29.1. The minimum absolute atomic E-state index is 0.976. The largest absolute Gasteiger partial charge is 0.345 e. The van der Waals surface area contributed by atoms with E-state index >= 15 is 0 Å². The van der Waals surface area contributed by atoms with E-state index in [1.165, 1.54) is 144 Å². The van der Waals surface area contributed by atoms with Gasteiger partial charge in [0.15, 0.2) is 0 Å². The van der Waals surface area contributed by atoms with Crippen LogP contribution in [0.25, 0.3) is 99.2 Å². The van der Waals surface area contributed by atoms with Gasteiger partial charge in [-0.25, -0.2) is 0 Å². The Kier molecular flexibility index (Phi) is 12.8. The predicted octanol–water partition coefficient (Wildman–Crippen LogP) is 19.9. The fourth-order valence-electron chi connectivity index (χ4n) is 12.6. The van der Waals surface area contributed by atoms with Crippen molar-refractivity contribution in [1.29, 1.82) is 0 Å². The topological polar surface area (TPSA) is 13.1 Å². The summed E-state index contributed by atoms with van der Waals surface area (Å²) >= 11 is 0. The lowest BCUT2D eigenvalue weighted by Gasteiger charge is -2.19. The number of aryl methyl sites for hydroxylation is 2. The predicted molar refractivity (Wildman–Crippen MR) is 344 cm³/mol. The number of rotatable bonds is 7. The van der Waals surface area contributed by atoms with Gasteiger partial charge in [-0.15, -0.1) is 0 Å². The first kappa shape index (κ1) is 49.3. The summed E-state index contributed by atoms with van der Waals surface area (Å²) in [4.78, 5) is 2.21. The summed E-state index contributed by atoms with van der Waals surface area (Å²) in [5.74, 6) is 0. The first-order valence-corrected chi connectivity index (χ1v) is 28.3. The summed E-state index contributed by atoms with van der Waals surface area (Å²) in [6.07, 6.45) is 3.07. The van der Waals surface area contributed by atoms with E-state index < -0.39 is 0 Å². The minimum Gasteiger partial charge on any atom is -0.345 e. The molecule has 2 aliphatic rings. The lowest BCUT2D eigenvalue weighted by molar-refractivity contribution is 1.01. The van der Waals surface area contributed by atoms with E-state index in [1.807, 2.05) is 6.07 Å². The molecule has 0 bridgehead atoms. The molecule has 0 saturated heterocycles. The van der Waals surface area contributed by atoms with Crippen molar-refractivity contribution < 1.29 is 0 Å². The first-order chi connectivity index (χ1) is 39.9. The lowest BCUT2D eigenvalue weighted by Crippen LogP contribution is -2.08. The number of fused-ring (bicyclic) bond motifs is 12. The molecule has 2 heterocycles. The molecule has 0 spiro atoms. The Balaban J connectivity index is 0.000000109. The highest BCUT2D eigenvalue weighted by atomic mass is 15.1. The molecule has 2 aromatic heterocycles. The average Bonchev–Trinajstić information content (AvgIpc) is 4.44. The molecule has 81 heavy (non-hydrogen) atoms. The van der Waals surface area contributed by atoms with E-state index in [1.54, 1.807) is 0 Å².